The van der Waals surface area contributed by atoms with Gasteiger partial charge in [-0.25, -0.2) is 9.98 Å². The maximum Gasteiger partial charge on any atom is 0.173 e. The standard InChI is InChI=1S/C24H19ClN4O/c1-30-23-13-7-6-12-21(23)28-24(29-26-16-18-9-2-4-10-19(18)25)22-15-14-17-8-3-5-11-20(17)27-22/h2-16H,1H3,(H,28,29). The molecule has 5 nitrogen and oxygen atoms in total. The smallest absolute Gasteiger partial charge is 0.173 e. The SMILES string of the molecule is COc1ccccc1N=C(NN=Cc1ccccc1Cl)c1ccc2ccccc2n1. The molecule has 0 aliphatic heterocycles. The number of hydrogen-bond acceptors (Lipinski definition) is 4. The van der Waals surface area contributed by atoms with E-state index in [2.05, 4.69) is 10.5 Å². The molecule has 1 heterocycles. The Morgan fingerprint density at radius 1 is 0.933 bits per heavy atom. The third-order valence-corrected chi connectivity index (χ3v) is 4.78. The van der Waals surface area contributed by atoms with Crippen LogP contribution < -0.4 is 10.2 Å². The molecule has 0 spiro atoms. The number of fused-ring (bicyclic) bond motifs is 1. The number of nitrogens with one attached hydrogen (secondary N) is 1. The molecule has 1 N–H and O–H groups in total. The largest absolute Gasteiger partial charge is 0.494 e. The molecule has 0 saturated heterocycles. The first kappa shape index (κ1) is 19.6. The monoisotopic (exact) mass is 414 g/mol. The van der Waals surface area contributed by atoms with E-state index >= 15 is 0 Å². The summed E-state index contributed by atoms with van der Waals surface area (Å²) in [6, 6.07) is 26.9. The van der Waals surface area contributed by atoms with Gasteiger partial charge in [0.05, 0.1) is 18.8 Å². The zero-order valence-electron chi connectivity index (χ0n) is 16.3. The molecular formula is C24H19ClN4O. The van der Waals surface area contributed by atoms with Gasteiger partial charge in [0.25, 0.3) is 0 Å². The van der Waals surface area contributed by atoms with E-state index in [1.165, 1.54) is 0 Å². The molecule has 3 aromatic carbocycles. The summed E-state index contributed by atoms with van der Waals surface area (Å²) in [4.78, 5) is 9.47. The van der Waals surface area contributed by atoms with Crippen LogP contribution >= 0.6 is 11.6 Å². The van der Waals surface area contributed by atoms with Crippen LogP contribution in [0.2, 0.25) is 5.02 Å². The number of hydrogen-bond donors (Lipinski definition) is 1. The summed E-state index contributed by atoms with van der Waals surface area (Å²) in [5.74, 6) is 1.15. The lowest BCUT2D eigenvalue weighted by Crippen LogP contribution is -2.20. The van der Waals surface area contributed by atoms with Gasteiger partial charge in [-0.1, -0.05) is 66.2 Å². The summed E-state index contributed by atoms with van der Waals surface area (Å²) >= 11 is 6.21. The molecular weight excluding hydrogens is 396 g/mol. The molecule has 0 fully saturated rings. The van der Waals surface area contributed by atoms with Crippen LogP contribution in [0.4, 0.5) is 5.69 Å². The summed E-state index contributed by atoms with van der Waals surface area (Å²) in [6.45, 7) is 0. The summed E-state index contributed by atoms with van der Waals surface area (Å²) in [6.07, 6.45) is 1.65. The van der Waals surface area contributed by atoms with Crippen molar-refractivity contribution < 1.29 is 4.74 Å². The third-order valence-electron chi connectivity index (χ3n) is 4.44. The van der Waals surface area contributed by atoms with Crippen molar-refractivity contribution in [3.05, 3.63) is 101 Å². The van der Waals surface area contributed by atoms with Crippen molar-refractivity contribution in [3.63, 3.8) is 0 Å². The maximum absolute atomic E-state index is 6.21. The van der Waals surface area contributed by atoms with Gasteiger partial charge >= 0.3 is 0 Å². The number of ether oxygens (including phenoxy) is 1. The first-order valence-electron chi connectivity index (χ1n) is 9.36. The van der Waals surface area contributed by atoms with Gasteiger partial charge in [-0.15, -0.1) is 0 Å². The molecule has 0 saturated carbocycles. The van der Waals surface area contributed by atoms with Gasteiger partial charge in [-0.3, -0.25) is 5.43 Å². The van der Waals surface area contributed by atoms with Crippen LogP contribution in [0.3, 0.4) is 0 Å². The Kier molecular flexibility index (Phi) is 6.01. The predicted octanol–water partition coefficient (Wildman–Crippen LogP) is 5.60. The molecule has 1 aromatic heterocycles. The van der Waals surface area contributed by atoms with Gasteiger partial charge in [0.15, 0.2) is 5.84 Å². The van der Waals surface area contributed by atoms with Crippen molar-refractivity contribution >= 4 is 40.2 Å². The lowest BCUT2D eigenvalue weighted by atomic mass is 10.2. The van der Waals surface area contributed by atoms with Crippen molar-refractivity contribution in [1.29, 1.82) is 0 Å². The van der Waals surface area contributed by atoms with Crippen molar-refractivity contribution in [2.45, 2.75) is 0 Å². The van der Waals surface area contributed by atoms with Crippen molar-refractivity contribution in [1.82, 2.24) is 10.4 Å². The first-order valence-corrected chi connectivity index (χ1v) is 9.74. The Hall–Kier alpha value is -3.70. The second-order valence-corrected chi connectivity index (χ2v) is 6.82. The number of rotatable bonds is 5. The quantitative estimate of drug-likeness (QED) is 0.263. The highest BCUT2D eigenvalue weighted by Gasteiger charge is 2.09. The van der Waals surface area contributed by atoms with Gasteiger partial charge < -0.3 is 4.74 Å². The third kappa shape index (κ3) is 4.47. The highest BCUT2D eigenvalue weighted by molar-refractivity contribution is 6.33. The number of hydrazone groups is 1. The highest BCUT2D eigenvalue weighted by Crippen LogP contribution is 2.27. The molecule has 0 bridgehead atoms. The van der Waals surface area contributed by atoms with Gasteiger partial charge in [-0.05, 0) is 30.3 Å². The molecule has 0 unspecified atom stereocenters. The van der Waals surface area contributed by atoms with E-state index in [4.69, 9.17) is 26.3 Å². The Bertz CT molecular complexity index is 1240. The Labute approximate surface area is 179 Å². The van der Waals surface area contributed by atoms with E-state index in [9.17, 15) is 0 Å². The molecule has 0 amide bonds. The zero-order chi connectivity index (χ0) is 20.8. The minimum absolute atomic E-state index is 0.494. The van der Waals surface area contributed by atoms with Crippen LogP contribution in [0.1, 0.15) is 11.3 Å². The fraction of sp³-hybridized carbons (Fsp3) is 0.0417. The average molecular weight is 415 g/mol. The van der Waals surface area contributed by atoms with Gasteiger partial charge in [-0.2, -0.15) is 5.10 Å². The fourth-order valence-electron chi connectivity index (χ4n) is 2.92. The number of pyridine rings is 1. The number of methoxy groups -OCH3 is 1. The van der Waals surface area contributed by atoms with Crippen molar-refractivity contribution in [3.8, 4) is 5.75 Å². The highest BCUT2D eigenvalue weighted by atomic mass is 35.5. The van der Waals surface area contributed by atoms with E-state index in [1.54, 1.807) is 13.3 Å². The second-order valence-electron chi connectivity index (χ2n) is 6.41. The first-order chi connectivity index (χ1) is 14.7. The number of halogens is 1. The van der Waals surface area contributed by atoms with Crippen molar-refractivity contribution in [2.24, 2.45) is 10.1 Å². The maximum atomic E-state index is 6.21. The lowest BCUT2D eigenvalue weighted by Gasteiger charge is -2.09. The van der Waals surface area contributed by atoms with Crippen LogP contribution in [-0.2, 0) is 0 Å². The van der Waals surface area contributed by atoms with E-state index in [0.29, 0.717) is 28.0 Å². The molecule has 0 aliphatic carbocycles. The van der Waals surface area contributed by atoms with Gasteiger partial charge in [0.1, 0.15) is 17.1 Å². The van der Waals surface area contributed by atoms with E-state index in [-0.39, 0.29) is 0 Å². The van der Waals surface area contributed by atoms with Gasteiger partial charge in [0, 0.05) is 16.0 Å². The minimum Gasteiger partial charge on any atom is -0.494 e. The van der Waals surface area contributed by atoms with E-state index in [1.807, 2.05) is 84.9 Å². The fourth-order valence-corrected chi connectivity index (χ4v) is 3.11. The molecule has 6 heteroatoms. The molecule has 148 valence electrons. The predicted molar refractivity (Wildman–Crippen MR) is 123 cm³/mol. The topological polar surface area (TPSA) is 58.9 Å². The number of nitrogens with zero attached hydrogens (tertiary/aromatic N) is 3. The summed E-state index contributed by atoms with van der Waals surface area (Å²) in [7, 11) is 1.62. The summed E-state index contributed by atoms with van der Waals surface area (Å²) in [5.41, 5.74) is 6.03. The number of amidine groups is 1. The van der Waals surface area contributed by atoms with Crippen molar-refractivity contribution in [2.75, 3.05) is 7.11 Å². The Morgan fingerprint density at radius 3 is 2.57 bits per heavy atom. The van der Waals surface area contributed by atoms with Crippen LogP contribution in [0.5, 0.6) is 5.75 Å². The van der Waals surface area contributed by atoms with E-state index < -0.39 is 0 Å². The minimum atomic E-state index is 0.494. The summed E-state index contributed by atoms with van der Waals surface area (Å²) in [5, 5.41) is 6.01. The lowest BCUT2D eigenvalue weighted by molar-refractivity contribution is 0.416. The van der Waals surface area contributed by atoms with E-state index in [0.717, 1.165) is 16.5 Å². The molecule has 4 rings (SSSR count). The molecule has 0 atom stereocenters. The number of para-hydroxylation sites is 3. The van der Waals surface area contributed by atoms with Crippen LogP contribution in [0.15, 0.2) is 95.0 Å². The number of aromatic nitrogens is 1. The second kappa shape index (κ2) is 9.20. The summed E-state index contributed by atoms with van der Waals surface area (Å²) < 4.78 is 5.43. The molecule has 0 aliphatic rings. The number of aliphatic imine (C=N–C) groups is 1. The zero-order valence-corrected chi connectivity index (χ0v) is 17.0. The van der Waals surface area contributed by atoms with Crippen LogP contribution in [0, 0.1) is 0 Å². The average Bonchev–Trinajstić information content (AvgIpc) is 2.79. The molecule has 4 aromatic rings. The molecule has 30 heavy (non-hydrogen) atoms. The molecule has 0 radical (unpaired) electrons. The normalized spacial score (nSPS) is 11.7. The van der Waals surface area contributed by atoms with Gasteiger partial charge in [0.2, 0.25) is 0 Å². The van der Waals surface area contributed by atoms with Crippen LogP contribution in [0.25, 0.3) is 10.9 Å². The number of benzene rings is 3. The van der Waals surface area contributed by atoms with Crippen LogP contribution in [-0.4, -0.2) is 24.1 Å². The Balaban J connectivity index is 1.74. The Morgan fingerprint density at radius 2 is 1.70 bits per heavy atom.